The van der Waals surface area contributed by atoms with Crippen molar-refractivity contribution in [2.75, 3.05) is 19.7 Å². The molecule has 0 aromatic heterocycles. The summed E-state index contributed by atoms with van der Waals surface area (Å²) in [6.07, 6.45) is 3.93. The first kappa shape index (κ1) is 16.3. The lowest BCUT2D eigenvalue weighted by atomic mass is 9.49. The van der Waals surface area contributed by atoms with Crippen LogP contribution >= 0.6 is 0 Å². The molecular weight excluding hydrogens is 346 g/mol. The molecule has 2 bridgehead atoms. The highest BCUT2D eigenvalue weighted by atomic mass is 16.5. The Bertz CT molecular complexity index is 834. The van der Waals surface area contributed by atoms with Crippen LogP contribution in [-0.4, -0.2) is 64.4 Å². The van der Waals surface area contributed by atoms with Crippen LogP contribution < -0.4 is 4.74 Å². The van der Waals surface area contributed by atoms with Crippen molar-refractivity contribution < 1.29 is 24.5 Å². The number of carbonyl (C=O) groups excluding carboxylic acids is 1. The number of nitrogens with zero attached hydrogens (tertiary/aromatic N) is 1. The van der Waals surface area contributed by atoms with Crippen molar-refractivity contribution in [1.29, 1.82) is 0 Å². The maximum Gasteiger partial charge on any atom is 0.174 e. The lowest BCUT2D eigenvalue weighted by molar-refractivity contribution is -0.191. The standard InChI is InChI=1S/C21H25NO5/c23-14-4-3-12-10-16-21(25)6-5-15(24)19-20(21,17(12)18(14)27-19)7-8-22(16)11-13-2-1-9-26-13/h3-4,13,16,19,23,25H,1-2,5-11H2/t13-,16+,19-,20-,21+/m0/s1. The van der Waals surface area contributed by atoms with Crippen LogP contribution in [0.4, 0.5) is 0 Å². The Hall–Kier alpha value is -1.63. The lowest BCUT2D eigenvalue weighted by Gasteiger charge is -2.62. The van der Waals surface area contributed by atoms with E-state index >= 15 is 0 Å². The fourth-order valence-electron chi connectivity index (χ4n) is 6.68. The zero-order chi connectivity index (χ0) is 18.4. The van der Waals surface area contributed by atoms with Gasteiger partial charge in [0.15, 0.2) is 23.4 Å². The zero-order valence-corrected chi connectivity index (χ0v) is 15.3. The monoisotopic (exact) mass is 371 g/mol. The zero-order valence-electron chi connectivity index (χ0n) is 15.3. The van der Waals surface area contributed by atoms with Crippen LogP contribution in [0.3, 0.4) is 0 Å². The summed E-state index contributed by atoms with van der Waals surface area (Å²) in [5.74, 6) is 0.555. The molecule has 6 heteroatoms. The van der Waals surface area contributed by atoms with Gasteiger partial charge in [0.25, 0.3) is 0 Å². The van der Waals surface area contributed by atoms with Gasteiger partial charge in [-0.25, -0.2) is 0 Å². The number of carbonyl (C=O) groups is 1. The number of rotatable bonds is 2. The number of phenolic OH excluding ortho intramolecular Hbond substituents is 1. The Morgan fingerprint density at radius 2 is 2.19 bits per heavy atom. The molecule has 0 amide bonds. The Balaban J connectivity index is 1.50. The maximum atomic E-state index is 12.8. The molecule has 144 valence electrons. The molecule has 1 aromatic rings. The number of aromatic hydroxyl groups is 1. The van der Waals surface area contributed by atoms with Crippen LogP contribution in [-0.2, 0) is 21.4 Å². The van der Waals surface area contributed by atoms with E-state index in [-0.39, 0.29) is 23.7 Å². The number of aliphatic hydroxyl groups is 1. The summed E-state index contributed by atoms with van der Waals surface area (Å²) in [5, 5.41) is 22.4. The second kappa shape index (κ2) is 5.25. The van der Waals surface area contributed by atoms with Gasteiger partial charge in [-0.3, -0.25) is 9.69 Å². The van der Waals surface area contributed by atoms with E-state index in [1.807, 2.05) is 6.07 Å². The van der Waals surface area contributed by atoms with Crippen LogP contribution in [0.2, 0.25) is 0 Å². The first-order valence-corrected chi connectivity index (χ1v) is 10.2. The summed E-state index contributed by atoms with van der Waals surface area (Å²) >= 11 is 0. The summed E-state index contributed by atoms with van der Waals surface area (Å²) in [6.45, 7) is 2.48. The third kappa shape index (κ3) is 1.84. The first-order valence-electron chi connectivity index (χ1n) is 10.2. The molecule has 1 saturated carbocycles. The summed E-state index contributed by atoms with van der Waals surface area (Å²) in [4.78, 5) is 15.2. The van der Waals surface area contributed by atoms with Crippen molar-refractivity contribution in [2.24, 2.45) is 0 Å². The number of benzene rings is 1. The number of ketones is 1. The second-order valence-corrected chi connectivity index (χ2v) is 8.91. The molecule has 2 saturated heterocycles. The number of hydrogen-bond acceptors (Lipinski definition) is 6. The fraction of sp³-hybridized carbons (Fsp3) is 0.667. The molecule has 0 radical (unpaired) electrons. The van der Waals surface area contributed by atoms with Gasteiger partial charge in [-0.2, -0.15) is 0 Å². The molecule has 2 N–H and O–H groups in total. The quantitative estimate of drug-likeness (QED) is 0.816. The van der Waals surface area contributed by atoms with Crippen LogP contribution in [0.25, 0.3) is 0 Å². The van der Waals surface area contributed by atoms with Gasteiger partial charge < -0.3 is 19.7 Å². The van der Waals surface area contributed by atoms with Crippen molar-refractivity contribution in [2.45, 2.75) is 67.8 Å². The van der Waals surface area contributed by atoms with Crippen molar-refractivity contribution in [1.82, 2.24) is 4.90 Å². The smallest absolute Gasteiger partial charge is 0.174 e. The number of Topliss-reactive ketones (excluding diaryl/α,β-unsaturated/α-hetero) is 1. The third-order valence-corrected chi connectivity index (χ3v) is 7.83. The van der Waals surface area contributed by atoms with E-state index in [1.54, 1.807) is 6.07 Å². The van der Waals surface area contributed by atoms with Crippen molar-refractivity contribution in [3.05, 3.63) is 23.3 Å². The van der Waals surface area contributed by atoms with E-state index in [1.165, 1.54) is 0 Å². The van der Waals surface area contributed by atoms with Gasteiger partial charge in [0.1, 0.15) is 0 Å². The van der Waals surface area contributed by atoms with Crippen LogP contribution in [0.5, 0.6) is 11.5 Å². The van der Waals surface area contributed by atoms with E-state index in [4.69, 9.17) is 9.47 Å². The Kier molecular flexibility index (Phi) is 3.17. The van der Waals surface area contributed by atoms with E-state index in [0.29, 0.717) is 25.0 Å². The predicted molar refractivity (Wildman–Crippen MR) is 96.0 cm³/mol. The Morgan fingerprint density at radius 3 is 3.00 bits per heavy atom. The number of likely N-dealkylation sites (tertiary alicyclic amines) is 1. The molecule has 2 aliphatic carbocycles. The molecule has 1 aromatic carbocycles. The Morgan fingerprint density at radius 1 is 1.30 bits per heavy atom. The average Bonchev–Trinajstić information content (AvgIpc) is 3.27. The highest BCUT2D eigenvalue weighted by Crippen LogP contribution is 2.64. The van der Waals surface area contributed by atoms with Gasteiger partial charge in [0, 0.05) is 31.2 Å². The minimum absolute atomic E-state index is 0.0438. The highest BCUT2D eigenvalue weighted by molar-refractivity contribution is 5.90. The molecule has 0 unspecified atom stereocenters. The molecule has 1 spiro atoms. The number of ether oxygens (including phenoxy) is 2. The molecule has 27 heavy (non-hydrogen) atoms. The van der Waals surface area contributed by atoms with Crippen molar-refractivity contribution in [3.63, 3.8) is 0 Å². The number of hydrogen-bond donors (Lipinski definition) is 2. The van der Waals surface area contributed by atoms with Gasteiger partial charge in [-0.05, 0) is 50.3 Å². The van der Waals surface area contributed by atoms with E-state index < -0.39 is 17.1 Å². The average molecular weight is 371 g/mol. The second-order valence-electron chi connectivity index (χ2n) is 8.91. The highest BCUT2D eigenvalue weighted by Gasteiger charge is 2.73. The molecule has 5 aliphatic rings. The van der Waals surface area contributed by atoms with E-state index in [0.717, 1.165) is 50.1 Å². The number of piperidine rings is 1. The minimum atomic E-state index is -1.01. The fourth-order valence-corrected chi connectivity index (χ4v) is 6.68. The van der Waals surface area contributed by atoms with Gasteiger partial charge in [0.05, 0.1) is 17.1 Å². The molecule has 6 rings (SSSR count). The summed E-state index contributed by atoms with van der Waals surface area (Å²) < 4.78 is 11.9. The molecular formula is C21H25NO5. The van der Waals surface area contributed by atoms with E-state index in [9.17, 15) is 15.0 Å². The summed E-state index contributed by atoms with van der Waals surface area (Å²) in [5.41, 5.74) is 0.277. The van der Waals surface area contributed by atoms with Gasteiger partial charge in [0.2, 0.25) is 0 Å². The minimum Gasteiger partial charge on any atom is -0.504 e. The largest absolute Gasteiger partial charge is 0.504 e. The molecule has 6 nitrogen and oxygen atoms in total. The van der Waals surface area contributed by atoms with Crippen LogP contribution in [0, 0.1) is 0 Å². The van der Waals surface area contributed by atoms with E-state index in [2.05, 4.69) is 4.90 Å². The maximum absolute atomic E-state index is 12.8. The third-order valence-electron chi connectivity index (χ3n) is 7.83. The topological polar surface area (TPSA) is 79.2 Å². The molecule has 5 atom stereocenters. The van der Waals surface area contributed by atoms with Crippen molar-refractivity contribution >= 4 is 5.78 Å². The van der Waals surface area contributed by atoms with Gasteiger partial charge in [-0.1, -0.05) is 6.07 Å². The normalized spacial score (nSPS) is 42.1. The van der Waals surface area contributed by atoms with Crippen molar-refractivity contribution in [3.8, 4) is 11.5 Å². The van der Waals surface area contributed by atoms with Gasteiger partial charge >= 0.3 is 0 Å². The van der Waals surface area contributed by atoms with Crippen LogP contribution in [0.1, 0.15) is 43.2 Å². The summed E-state index contributed by atoms with van der Waals surface area (Å²) in [7, 11) is 0. The molecule has 3 aliphatic heterocycles. The molecule has 3 fully saturated rings. The Labute approximate surface area is 158 Å². The first-order chi connectivity index (χ1) is 13.0. The lowest BCUT2D eigenvalue weighted by Crippen LogP contribution is -2.76. The molecule has 3 heterocycles. The van der Waals surface area contributed by atoms with Gasteiger partial charge in [-0.15, -0.1) is 0 Å². The predicted octanol–water partition coefficient (Wildman–Crippen LogP) is 1.29. The SMILES string of the molecule is O=C1CC[C@@]2(O)[C@H]3Cc4ccc(O)c5c4[C@@]2(CCN3C[C@@H]2CCCO2)[C@H]1O5. The van der Waals surface area contributed by atoms with Crippen LogP contribution in [0.15, 0.2) is 12.1 Å². The summed E-state index contributed by atoms with van der Waals surface area (Å²) in [6, 6.07) is 3.57. The number of phenols is 1.